The smallest absolute Gasteiger partial charge is 0.238 e. The molecule has 0 spiro atoms. The Labute approximate surface area is 61.2 Å². The number of rotatable bonds is 2. The van der Waals surface area contributed by atoms with Crippen molar-refractivity contribution in [1.82, 2.24) is 10.6 Å². The number of nitrogens with one attached hydrogen (secondary N) is 2. The summed E-state index contributed by atoms with van der Waals surface area (Å²) in [6.07, 6.45) is 0.936. The zero-order valence-electron chi connectivity index (χ0n) is 6.48. The zero-order valence-corrected chi connectivity index (χ0v) is 6.48. The Morgan fingerprint density at radius 1 is 1.70 bits per heavy atom. The summed E-state index contributed by atoms with van der Waals surface area (Å²) in [4.78, 5) is 10.9. The normalized spacial score (nSPS) is 25.5. The number of amides is 1. The van der Waals surface area contributed by atoms with Gasteiger partial charge in [-0.2, -0.15) is 0 Å². The Hall–Kier alpha value is -0.570. The van der Waals surface area contributed by atoms with Crippen LogP contribution in [0.2, 0.25) is 0 Å². The second-order valence-corrected chi connectivity index (χ2v) is 3.10. The lowest BCUT2D eigenvalue weighted by Gasteiger charge is -2.08. The Balaban J connectivity index is 2.33. The molecule has 0 aromatic rings. The summed E-state index contributed by atoms with van der Waals surface area (Å²) in [5.74, 6) is 0.732. The van der Waals surface area contributed by atoms with E-state index in [4.69, 9.17) is 0 Å². The molecule has 3 heteroatoms. The van der Waals surface area contributed by atoms with E-state index in [1.54, 1.807) is 0 Å². The van der Waals surface area contributed by atoms with Crippen LogP contribution in [0.5, 0.6) is 0 Å². The van der Waals surface area contributed by atoms with Gasteiger partial charge in [-0.15, -0.1) is 0 Å². The highest BCUT2D eigenvalue weighted by Gasteiger charge is 2.23. The monoisotopic (exact) mass is 142 g/mol. The van der Waals surface area contributed by atoms with Crippen LogP contribution >= 0.6 is 0 Å². The first kappa shape index (κ1) is 7.54. The fourth-order valence-corrected chi connectivity index (χ4v) is 1.14. The highest BCUT2D eigenvalue weighted by atomic mass is 16.2. The summed E-state index contributed by atoms with van der Waals surface area (Å²) in [5, 5.41) is 5.80. The first-order valence-electron chi connectivity index (χ1n) is 3.71. The van der Waals surface area contributed by atoms with Crippen LogP contribution in [0.1, 0.15) is 20.3 Å². The van der Waals surface area contributed by atoms with Crippen molar-refractivity contribution < 1.29 is 4.79 Å². The Bertz CT molecular complexity index is 134. The molecule has 0 bridgehead atoms. The second kappa shape index (κ2) is 3.01. The predicted octanol–water partition coefficient (Wildman–Crippen LogP) is 0.0780. The highest BCUT2D eigenvalue weighted by molar-refractivity contribution is 5.83. The lowest BCUT2D eigenvalue weighted by molar-refractivity contribution is -0.120. The molecule has 2 N–H and O–H groups in total. The average molecular weight is 142 g/mol. The van der Waals surface area contributed by atoms with Crippen LogP contribution in [-0.4, -0.2) is 18.6 Å². The van der Waals surface area contributed by atoms with Crippen LogP contribution < -0.4 is 10.6 Å². The fraction of sp³-hybridized carbons (Fsp3) is 0.857. The van der Waals surface area contributed by atoms with Crippen molar-refractivity contribution in [1.29, 1.82) is 0 Å². The van der Waals surface area contributed by atoms with E-state index in [1.165, 1.54) is 0 Å². The Kier molecular flexibility index (Phi) is 2.27. The minimum Gasteiger partial charge on any atom is -0.342 e. The van der Waals surface area contributed by atoms with Gasteiger partial charge in [-0.3, -0.25) is 10.1 Å². The minimum atomic E-state index is 0.0556. The van der Waals surface area contributed by atoms with Gasteiger partial charge in [0.25, 0.3) is 0 Å². The highest BCUT2D eigenvalue weighted by Crippen LogP contribution is 2.06. The molecule has 1 rings (SSSR count). The number of carbonyl (C=O) groups excluding carboxylic acids is 1. The van der Waals surface area contributed by atoms with Crippen molar-refractivity contribution >= 4 is 5.91 Å². The van der Waals surface area contributed by atoms with E-state index >= 15 is 0 Å². The summed E-state index contributed by atoms with van der Waals surface area (Å²) >= 11 is 0. The molecule has 0 aliphatic carbocycles. The van der Waals surface area contributed by atoms with Crippen LogP contribution in [0.15, 0.2) is 0 Å². The van der Waals surface area contributed by atoms with Gasteiger partial charge < -0.3 is 5.32 Å². The van der Waals surface area contributed by atoms with Gasteiger partial charge in [0, 0.05) is 0 Å². The molecule has 0 radical (unpaired) electrons. The van der Waals surface area contributed by atoms with E-state index < -0.39 is 0 Å². The standard InChI is InChI=1S/C7H14N2O/c1-5(2)3-6-7(10)9-4-8-6/h5-6,8H,3-4H2,1-2H3,(H,9,10)/t6-/m0/s1. The molecule has 1 aliphatic rings. The quantitative estimate of drug-likeness (QED) is 0.573. The summed E-state index contributed by atoms with van der Waals surface area (Å²) in [6.45, 7) is 4.87. The predicted molar refractivity (Wildman–Crippen MR) is 39.4 cm³/mol. The summed E-state index contributed by atoms with van der Waals surface area (Å²) in [7, 11) is 0. The molecule has 0 unspecified atom stereocenters. The third-order valence-corrected chi connectivity index (χ3v) is 1.63. The number of hydrogen-bond acceptors (Lipinski definition) is 2. The van der Waals surface area contributed by atoms with Crippen LogP contribution in [0, 0.1) is 5.92 Å². The van der Waals surface area contributed by atoms with E-state index in [0.29, 0.717) is 12.6 Å². The van der Waals surface area contributed by atoms with E-state index in [0.717, 1.165) is 6.42 Å². The molecular weight excluding hydrogens is 128 g/mol. The first-order valence-corrected chi connectivity index (χ1v) is 3.71. The summed E-state index contributed by atoms with van der Waals surface area (Å²) in [6, 6.07) is 0.0556. The molecule has 0 aromatic carbocycles. The van der Waals surface area contributed by atoms with E-state index in [2.05, 4.69) is 24.5 Å². The van der Waals surface area contributed by atoms with Gasteiger partial charge >= 0.3 is 0 Å². The number of carbonyl (C=O) groups is 1. The molecular formula is C7H14N2O. The topological polar surface area (TPSA) is 41.1 Å². The molecule has 3 nitrogen and oxygen atoms in total. The maximum Gasteiger partial charge on any atom is 0.238 e. The van der Waals surface area contributed by atoms with Crippen molar-refractivity contribution in [3.8, 4) is 0 Å². The lowest BCUT2D eigenvalue weighted by Crippen LogP contribution is -2.29. The maximum atomic E-state index is 10.9. The SMILES string of the molecule is CC(C)C[C@@H]1NCNC1=O. The van der Waals surface area contributed by atoms with Gasteiger partial charge in [0.05, 0.1) is 12.7 Å². The first-order chi connectivity index (χ1) is 4.70. The molecule has 0 saturated carbocycles. The molecule has 0 aromatic heterocycles. The molecule has 1 heterocycles. The van der Waals surface area contributed by atoms with Gasteiger partial charge in [0.15, 0.2) is 0 Å². The van der Waals surface area contributed by atoms with Gasteiger partial charge in [0.2, 0.25) is 5.91 Å². The van der Waals surface area contributed by atoms with Crippen LogP contribution in [0.4, 0.5) is 0 Å². The van der Waals surface area contributed by atoms with Crippen molar-refractivity contribution in [3.63, 3.8) is 0 Å². The van der Waals surface area contributed by atoms with E-state index in [9.17, 15) is 4.79 Å². The van der Waals surface area contributed by atoms with Gasteiger partial charge in [-0.05, 0) is 12.3 Å². The summed E-state index contributed by atoms with van der Waals surface area (Å²) < 4.78 is 0. The molecule has 10 heavy (non-hydrogen) atoms. The maximum absolute atomic E-state index is 10.9. The zero-order chi connectivity index (χ0) is 7.56. The third kappa shape index (κ3) is 1.70. The molecule has 58 valence electrons. The van der Waals surface area contributed by atoms with Crippen LogP contribution in [-0.2, 0) is 4.79 Å². The van der Waals surface area contributed by atoms with Crippen LogP contribution in [0.25, 0.3) is 0 Å². The molecule has 1 aliphatic heterocycles. The largest absolute Gasteiger partial charge is 0.342 e. The lowest BCUT2D eigenvalue weighted by atomic mass is 10.0. The summed E-state index contributed by atoms with van der Waals surface area (Å²) in [5.41, 5.74) is 0. The van der Waals surface area contributed by atoms with E-state index in [-0.39, 0.29) is 11.9 Å². The van der Waals surface area contributed by atoms with E-state index in [1.807, 2.05) is 0 Å². The second-order valence-electron chi connectivity index (χ2n) is 3.10. The molecule has 1 atom stereocenters. The Morgan fingerprint density at radius 3 is 2.80 bits per heavy atom. The Morgan fingerprint density at radius 2 is 2.40 bits per heavy atom. The third-order valence-electron chi connectivity index (χ3n) is 1.63. The van der Waals surface area contributed by atoms with Gasteiger partial charge in [-0.25, -0.2) is 0 Å². The molecule has 1 fully saturated rings. The average Bonchev–Trinajstić information content (AvgIpc) is 2.15. The van der Waals surface area contributed by atoms with Crippen molar-refractivity contribution in [2.45, 2.75) is 26.3 Å². The fourth-order valence-electron chi connectivity index (χ4n) is 1.14. The van der Waals surface area contributed by atoms with Gasteiger partial charge in [0.1, 0.15) is 0 Å². The van der Waals surface area contributed by atoms with Crippen LogP contribution in [0.3, 0.4) is 0 Å². The van der Waals surface area contributed by atoms with Crippen molar-refractivity contribution in [2.24, 2.45) is 5.92 Å². The molecule has 1 amide bonds. The van der Waals surface area contributed by atoms with Gasteiger partial charge in [-0.1, -0.05) is 13.8 Å². The number of hydrogen-bond donors (Lipinski definition) is 2. The van der Waals surface area contributed by atoms with Crippen molar-refractivity contribution in [3.05, 3.63) is 0 Å². The van der Waals surface area contributed by atoms with Crippen molar-refractivity contribution in [2.75, 3.05) is 6.67 Å². The minimum absolute atomic E-state index is 0.0556. The molecule has 1 saturated heterocycles.